The van der Waals surface area contributed by atoms with E-state index in [9.17, 15) is 34.1 Å². The summed E-state index contributed by atoms with van der Waals surface area (Å²) in [5.74, 6) is -2.38. The zero-order chi connectivity index (χ0) is 41.4. The van der Waals surface area contributed by atoms with Crippen LogP contribution in [0.25, 0.3) is 0 Å². The average molecular weight is 816 g/mol. The monoisotopic (exact) mass is 816 g/mol. The van der Waals surface area contributed by atoms with Gasteiger partial charge in [-0.25, -0.2) is 9.36 Å². The number of unbranched alkanes of at least 4 members (excludes halogenated alkanes) is 24. The Labute approximate surface area is 340 Å². The lowest BCUT2D eigenvalue weighted by Crippen LogP contribution is -2.43. The van der Waals surface area contributed by atoms with Crippen molar-refractivity contribution in [1.29, 1.82) is 0 Å². The third kappa shape index (κ3) is 38.8. The number of ether oxygens (including phenoxy) is 1. The molecule has 0 rings (SSSR count). The maximum atomic E-state index is 12.3. The zero-order valence-electron chi connectivity index (χ0n) is 35.4. The molecule has 12 heteroatoms. The number of carboxylic acid groups (broad SMARTS) is 1. The first kappa shape index (κ1) is 54.0. The molecule has 0 aromatic heterocycles. The number of esters is 1. The number of hydrogen-bond acceptors (Lipinski definition) is 8. The van der Waals surface area contributed by atoms with Gasteiger partial charge in [0.25, 0.3) is 0 Å². The Kier molecular flexibility index (Phi) is 38.3. The lowest BCUT2D eigenvalue weighted by atomic mass is 10.0. The van der Waals surface area contributed by atoms with Gasteiger partial charge in [-0.15, -0.1) is 0 Å². The number of phosphoric acid groups is 1. The number of aliphatic carboxylic acids is 1. The van der Waals surface area contributed by atoms with Gasteiger partial charge in [-0.2, -0.15) is 0 Å². The summed E-state index contributed by atoms with van der Waals surface area (Å²) in [5.41, 5.74) is 0. The van der Waals surface area contributed by atoms with Crippen molar-refractivity contribution in [2.24, 2.45) is 0 Å². The van der Waals surface area contributed by atoms with Crippen LogP contribution in [0, 0.1) is 0 Å². The fourth-order valence-corrected chi connectivity index (χ4v) is 6.95. The van der Waals surface area contributed by atoms with Gasteiger partial charge in [0.2, 0.25) is 5.91 Å². The van der Waals surface area contributed by atoms with Crippen molar-refractivity contribution in [2.75, 3.05) is 19.8 Å². The van der Waals surface area contributed by atoms with Crippen molar-refractivity contribution in [3.05, 3.63) is 24.3 Å². The van der Waals surface area contributed by atoms with Crippen LogP contribution in [0.3, 0.4) is 0 Å². The number of allylic oxidation sites excluding steroid dienone is 4. The normalized spacial score (nSPS) is 13.9. The van der Waals surface area contributed by atoms with E-state index in [0.29, 0.717) is 12.8 Å². The minimum absolute atomic E-state index is 0.146. The van der Waals surface area contributed by atoms with E-state index in [1.54, 1.807) is 0 Å². The highest BCUT2D eigenvalue weighted by atomic mass is 31.2. The number of hydrogen-bond donors (Lipinski definition) is 4. The van der Waals surface area contributed by atoms with E-state index >= 15 is 0 Å². The van der Waals surface area contributed by atoms with Gasteiger partial charge in [0.05, 0.1) is 13.2 Å². The Hall–Kier alpha value is -2.04. The molecule has 56 heavy (non-hydrogen) atoms. The fraction of sp³-hybridized carbons (Fsp3) is 0.841. The van der Waals surface area contributed by atoms with Crippen LogP contribution in [-0.2, 0) is 32.7 Å². The fourth-order valence-electron chi connectivity index (χ4n) is 6.17. The van der Waals surface area contributed by atoms with Crippen molar-refractivity contribution >= 4 is 25.7 Å². The molecule has 11 nitrogen and oxygen atoms in total. The molecule has 4 N–H and O–H groups in total. The van der Waals surface area contributed by atoms with E-state index in [1.807, 2.05) is 0 Å². The van der Waals surface area contributed by atoms with Crippen molar-refractivity contribution < 1.29 is 47.8 Å². The van der Waals surface area contributed by atoms with Gasteiger partial charge in [-0.3, -0.25) is 18.6 Å². The van der Waals surface area contributed by atoms with Crippen molar-refractivity contribution in [3.63, 3.8) is 0 Å². The van der Waals surface area contributed by atoms with Crippen LogP contribution in [0.5, 0.6) is 0 Å². The topological polar surface area (TPSA) is 169 Å². The first-order valence-corrected chi connectivity index (χ1v) is 23.9. The molecule has 0 spiro atoms. The Morgan fingerprint density at radius 3 is 1.41 bits per heavy atom. The second-order valence-corrected chi connectivity index (χ2v) is 16.7. The Bertz CT molecular complexity index is 1050. The number of carbonyl (C=O) groups excluding carboxylic acids is 2. The molecule has 1 amide bonds. The van der Waals surface area contributed by atoms with E-state index in [0.717, 1.165) is 57.8 Å². The third-order valence-corrected chi connectivity index (χ3v) is 10.7. The van der Waals surface area contributed by atoms with Crippen molar-refractivity contribution in [2.45, 2.75) is 219 Å². The largest absolute Gasteiger partial charge is 0.480 e. The van der Waals surface area contributed by atoms with Crippen LogP contribution in [0.1, 0.15) is 206 Å². The molecule has 0 bridgehead atoms. The number of nitrogens with one attached hydrogen (secondary N) is 1. The molecule has 0 aliphatic rings. The molecule has 3 atom stereocenters. The van der Waals surface area contributed by atoms with Crippen molar-refractivity contribution in [1.82, 2.24) is 5.32 Å². The maximum absolute atomic E-state index is 12.3. The molecule has 0 saturated heterocycles. The van der Waals surface area contributed by atoms with Gasteiger partial charge in [0.1, 0.15) is 12.7 Å². The SMILES string of the molecule is CCCC/C=C\CCCCCCCC(=O)OCC(O)COP(=O)(O)OCC(NC(=O)CCCCCCCCCCCCC/C=C/CCCCCCCC)C(=O)O. The van der Waals surface area contributed by atoms with Crippen LogP contribution < -0.4 is 5.32 Å². The minimum atomic E-state index is -4.75. The van der Waals surface area contributed by atoms with E-state index in [1.165, 1.54) is 109 Å². The molecule has 3 unspecified atom stereocenters. The summed E-state index contributed by atoms with van der Waals surface area (Å²) >= 11 is 0. The number of rotatable bonds is 42. The van der Waals surface area contributed by atoms with E-state index in [2.05, 4.69) is 43.5 Å². The summed E-state index contributed by atoms with van der Waals surface area (Å²) in [6, 6.07) is -1.55. The smallest absolute Gasteiger partial charge is 0.472 e. The lowest BCUT2D eigenvalue weighted by molar-refractivity contribution is -0.147. The first-order chi connectivity index (χ1) is 27.1. The van der Waals surface area contributed by atoms with E-state index in [-0.39, 0.29) is 12.8 Å². The summed E-state index contributed by atoms with van der Waals surface area (Å²) in [4.78, 5) is 45.9. The van der Waals surface area contributed by atoms with Gasteiger partial charge in [0.15, 0.2) is 6.04 Å². The zero-order valence-corrected chi connectivity index (χ0v) is 36.3. The Morgan fingerprint density at radius 1 is 0.554 bits per heavy atom. The Morgan fingerprint density at radius 2 is 0.946 bits per heavy atom. The summed E-state index contributed by atoms with van der Waals surface area (Å²) in [6.07, 6.45) is 40.6. The second kappa shape index (κ2) is 39.8. The van der Waals surface area contributed by atoms with Crippen LogP contribution in [0.4, 0.5) is 0 Å². The molecule has 0 heterocycles. The second-order valence-electron chi connectivity index (χ2n) is 15.2. The molecule has 0 aromatic rings. The highest BCUT2D eigenvalue weighted by Crippen LogP contribution is 2.43. The van der Waals surface area contributed by atoms with Gasteiger partial charge in [-0.1, -0.05) is 160 Å². The summed E-state index contributed by atoms with van der Waals surface area (Å²) in [6.45, 7) is 2.55. The standard InChI is InChI=1S/C44H82NO10P/c1-3-5-7-9-11-13-15-16-17-18-19-20-21-22-23-24-26-27-29-31-33-35-42(47)45-41(44(49)50)39-55-56(51,52)54-38-40(46)37-53-43(48)36-34-32-30-28-25-14-12-10-8-6-4-2/h10,12,16-17,40-41,46H,3-9,11,13-15,18-39H2,1-2H3,(H,45,47)(H,49,50)(H,51,52)/b12-10-,17-16+. The van der Waals surface area contributed by atoms with Gasteiger partial charge in [0, 0.05) is 12.8 Å². The third-order valence-electron chi connectivity index (χ3n) is 9.71. The molecular formula is C44H82NO10P. The molecule has 0 aromatic carbocycles. The predicted molar refractivity (Wildman–Crippen MR) is 226 cm³/mol. The quantitative estimate of drug-likeness (QED) is 0.0201. The van der Waals surface area contributed by atoms with Crippen LogP contribution in [-0.4, -0.2) is 64.9 Å². The molecule has 0 radical (unpaired) electrons. The minimum Gasteiger partial charge on any atom is -0.480 e. The summed E-state index contributed by atoms with van der Waals surface area (Å²) in [7, 11) is -4.75. The molecule has 0 fully saturated rings. The number of carbonyl (C=O) groups is 3. The highest BCUT2D eigenvalue weighted by Gasteiger charge is 2.28. The number of amides is 1. The van der Waals surface area contributed by atoms with Gasteiger partial charge < -0.3 is 25.2 Å². The van der Waals surface area contributed by atoms with Crippen molar-refractivity contribution in [3.8, 4) is 0 Å². The predicted octanol–water partition coefficient (Wildman–Crippen LogP) is 11.4. The highest BCUT2D eigenvalue weighted by molar-refractivity contribution is 7.47. The summed E-state index contributed by atoms with van der Waals surface area (Å²) in [5, 5.41) is 21.8. The number of aliphatic hydroxyl groups excluding tert-OH is 1. The van der Waals surface area contributed by atoms with Gasteiger partial charge in [-0.05, 0) is 57.8 Å². The number of carboxylic acids is 1. The maximum Gasteiger partial charge on any atom is 0.472 e. The summed E-state index contributed by atoms with van der Waals surface area (Å²) < 4.78 is 26.8. The number of phosphoric ester groups is 1. The van der Waals surface area contributed by atoms with Crippen LogP contribution in [0.15, 0.2) is 24.3 Å². The number of aliphatic hydroxyl groups is 1. The molecule has 328 valence electrons. The lowest BCUT2D eigenvalue weighted by Gasteiger charge is -2.18. The molecule has 0 aliphatic heterocycles. The van der Waals surface area contributed by atoms with Gasteiger partial charge >= 0.3 is 19.8 Å². The first-order valence-electron chi connectivity index (χ1n) is 22.4. The van der Waals surface area contributed by atoms with Crippen LogP contribution in [0.2, 0.25) is 0 Å². The van der Waals surface area contributed by atoms with Crippen LogP contribution >= 0.6 is 7.82 Å². The molecular weight excluding hydrogens is 733 g/mol. The molecule has 0 saturated carbocycles. The Balaban J connectivity index is 3.86. The molecule has 0 aliphatic carbocycles. The average Bonchev–Trinajstić information content (AvgIpc) is 3.17. The van der Waals surface area contributed by atoms with E-state index in [4.69, 9.17) is 13.8 Å². The van der Waals surface area contributed by atoms with E-state index < -0.39 is 57.6 Å².